The van der Waals surface area contributed by atoms with Crippen molar-refractivity contribution in [2.24, 2.45) is 5.41 Å². The van der Waals surface area contributed by atoms with Crippen molar-refractivity contribution in [2.75, 3.05) is 0 Å². The van der Waals surface area contributed by atoms with Crippen LogP contribution in [0.1, 0.15) is 46.6 Å². The molecule has 1 N–H and O–H groups in total. The molecule has 0 aromatic heterocycles. The van der Waals surface area contributed by atoms with Gasteiger partial charge in [0.15, 0.2) is 11.6 Å². The lowest BCUT2D eigenvalue weighted by Gasteiger charge is -2.33. The second-order valence-corrected chi connectivity index (χ2v) is 6.29. The number of rotatable bonds is 2. The minimum absolute atomic E-state index is 0.0905. The van der Waals surface area contributed by atoms with Crippen LogP contribution >= 0.6 is 0 Å². The predicted octanol–water partition coefficient (Wildman–Crippen LogP) is 4.25. The van der Waals surface area contributed by atoms with Crippen molar-refractivity contribution >= 4 is 0 Å². The van der Waals surface area contributed by atoms with E-state index in [0.717, 1.165) is 12.0 Å². The lowest BCUT2D eigenvalue weighted by Crippen LogP contribution is -2.24. The van der Waals surface area contributed by atoms with Gasteiger partial charge in [-0.15, -0.1) is 0 Å². The Morgan fingerprint density at radius 1 is 1.12 bits per heavy atom. The van der Waals surface area contributed by atoms with Gasteiger partial charge in [-0.1, -0.05) is 40.7 Å². The molecule has 0 spiro atoms. The summed E-state index contributed by atoms with van der Waals surface area (Å²) in [6.45, 7) is 10.7. The Bertz CT molecular complexity index is 375. The van der Waals surface area contributed by atoms with Crippen molar-refractivity contribution < 1.29 is 9.50 Å². The van der Waals surface area contributed by atoms with E-state index in [1.807, 2.05) is 0 Å². The zero-order chi connectivity index (χ0) is 12.6. The van der Waals surface area contributed by atoms with Crippen LogP contribution in [0, 0.1) is 11.2 Å². The molecule has 0 unspecified atom stereocenters. The quantitative estimate of drug-likeness (QED) is 0.796. The number of benzene rings is 1. The second kappa shape index (κ2) is 4.08. The first-order valence-electron chi connectivity index (χ1n) is 5.61. The lowest BCUT2D eigenvalue weighted by atomic mass is 9.72. The number of hydrogen-bond acceptors (Lipinski definition) is 1. The number of halogens is 1. The van der Waals surface area contributed by atoms with Gasteiger partial charge in [-0.2, -0.15) is 0 Å². The predicted molar refractivity (Wildman–Crippen MR) is 65.2 cm³/mol. The molecule has 90 valence electrons. The number of aromatic hydroxyl groups is 1. The van der Waals surface area contributed by atoms with Gasteiger partial charge in [0.05, 0.1) is 0 Å². The molecular weight excluding hydrogens is 203 g/mol. The van der Waals surface area contributed by atoms with Crippen LogP contribution in [0.2, 0.25) is 0 Å². The van der Waals surface area contributed by atoms with E-state index in [0.29, 0.717) is 0 Å². The Labute approximate surface area is 97.3 Å². The van der Waals surface area contributed by atoms with Crippen molar-refractivity contribution in [1.29, 1.82) is 0 Å². The second-order valence-electron chi connectivity index (χ2n) is 6.29. The largest absolute Gasteiger partial charge is 0.505 e. The van der Waals surface area contributed by atoms with Crippen molar-refractivity contribution in [1.82, 2.24) is 0 Å². The molecule has 0 aliphatic rings. The standard InChI is InChI=1S/C14H21FO/c1-13(2,3)9-14(4,5)10-6-7-12(16)11(15)8-10/h6-8,16H,9H2,1-5H3. The van der Waals surface area contributed by atoms with E-state index in [1.54, 1.807) is 6.07 Å². The normalized spacial score (nSPS) is 12.9. The minimum atomic E-state index is -0.542. The Morgan fingerprint density at radius 2 is 1.69 bits per heavy atom. The SMILES string of the molecule is CC(C)(C)CC(C)(C)c1ccc(O)c(F)c1. The maximum atomic E-state index is 13.3. The highest BCUT2D eigenvalue weighted by Gasteiger charge is 2.27. The van der Waals surface area contributed by atoms with Crippen molar-refractivity contribution in [2.45, 2.75) is 46.5 Å². The molecule has 0 bridgehead atoms. The highest BCUT2D eigenvalue weighted by molar-refractivity contribution is 5.32. The summed E-state index contributed by atoms with van der Waals surface area (Å²) < 4.78 is 13.3. The molecule has 0 saturated heterocycles. The molecule has 0 amide bonds. The monoisotopic (exact) mass is 224 g/mol. The third-order valence-electron chi connectivity index (χ3n) is 2.70. The van der Waals surface area contributed by atoms with Gasteiger partial charge in [0.1, 0.15) is 0 Å². The topological polar surface area (TPSA) is 20.2 Å². The van der Waals surface area contributed by atoms with E-state index in [2.05, 4.69) is 34.6 Å². The zero-order valence-electron chi connectivity index (χ0n) is 10.8. The smallest absolute Gasteiger partial charge is 0.165 e. The number of phenolic OH excluding ortho intramolecular Hbond substituents is 1. The molecule has 1 aromatic carbocycles. The summed E-state index contributed by atoms with van der Waals surface area (Å²) in [4.78, 5) is 0. The molecule has 0 heterocycles. The molecule has 16 heavy (non-hydrogen) atoms. The van der Waals surface area contributed by atoms with Crippen LogP contribution in [-0.2, 0) is 5.41 Å². The van der Waals surface area contributed by atoms with E-state index in [9.17, 15) is 4.39 Å². The molecular formula is C14H21FO. The van der Waals surface area contributed by atoms with Crippen molar-refractivity contribution in [3.05, 3.63) is 29.6 Å². The van der Waals surface area contributed by atoms with Crippen LogP contribution in [-0.4, -0.2) is 5.11 Å². The molecule has 0 fully saturated rings. The fraction of sp³-hybridized carbons (Fsp3) is 0.571. The third kappa shape index (κ3) is 3.22. The van der Waals surface area contributed by atoms with E-state index in [1.165, 1.54) is 12.1 Å². The summed E-state index contributed by atoms with van der Waals surface area (Å²) in [5, 5.41) is 9.17. The van der Waals surface area contributed by atoms with Crippen molar-refractivity contribution in [3.8, 4) is 5.75 Å². The average molecular weight is 224 g/mol. The van der Waals surface area contributed by atoms with Crippen LogP contribution in [0.15, 0.2) is 18.2 Å². The van der Waals surface area contributed by atoms with E-state index in [-0.39, 0.29) is 16.6 Å². The van der Waals surface area contributed by atoms with E-state index < -0.39 is 5.82 Å². The molecule has 0 aliphatic carbocycles. The maximum absolute atomic E-state index is 13.3. The number of phenols is 1. The first-order valence-corrected chi connectivity index (χ1v) is 5.61. The fourth-order valence-electron chi connectivity index (χ4n) is 2.36. The number of hydrogen-bond donors (Lipinski definition) is 1. The molecule has 0 atom stereocenters. The van der Waals surface area contributed by atoms with Gasteiger partial charge in [-0.3, -0.25) is 0 Å². The Hall–Kier alpha value is -1.05. The first-order chi connectivity index (χ1) is 7.12. The third-order valence-corrected chi connectivity index (χ3v) is 2.70. The first kappa shape index (κ1) is 13.0. The van der Waals surface area contributed by atoms with E-state index >= 15 is 0 Å². The van der Waals surface area contributed by atoms with Crippen LogP contribution in [0.4, 0.5) is 4.39 Å². The summed E-state index contributed by atoms with van der Waals surface area (Å²) in [5.74, 6) is -0.824. The molecule has 1 nitrogen and oxygen atoms in total. The Kier molecular flexibility index (Phi) is 3.32. The maximum Gasteiger partial charge on any atom is 0.165 e. The Balaban J connectivity index is 3.02. The van der Waals surface area contributed by atoms with Crippen LogP contribution in [0.3, 0.4) is 0 Å². The van der Waals surface area contributed by atoms with Gasteiger partial charge in [0.2, 0.25) is 0 Å². The Morgan fingerprint density at radius 3 is 2.12 bits per heavy atom. The molecule has 0 radical (unpaired) electrons. The van der Waals surface area contributed by atoms with Gasteiger partial charge < -0.3 is 5.11 Å². The summed E-state index contributed by atoms with van der Waals surface area (Å²) in [7, 11) is 0. The summed E-state index contributed by atoms with van der Waals surface area (Å²) in [5.41, 5.74) is 1.03. The van der Waals surface area contributed by atoms with Gasteiger partial charge in [0, 0.05) is 0 Å². The summed E-state index contributed by atoms with van der Waals surface area (Å²) >= 11 is 0. The van der Waals surface area contributed by atoms with Gasteiger partial charge in [-0.05, 0) is 34.9 Å². The summed E-state index contributed by atoms with van der Waals surface area (Å²) in [6, 6.07) is 4.65. The highest BCUT2D eigenvalue weighted by Crippen LogP contribution is 2.37. The molecule has 1 aromatic rings. The average Bonchev–Trinajstić information content (AvgIpc) is 2.05. The van der Waals surface area contributed by atoms with Crippen molar-refractivity contribution in [3.63, 3.8) is 0 Å². The molecule has 0 aliphatic heterocycles. The van der Waals surface area contributed by atoms with Gasteiger partial charge in [0.25, 0.3) is 0 Å². The molecule has 1 rings (SSSR count). The van der Waals surface area contributed by atoms with Gasteiger partial charge in [-0.25, -0.2) is 4.39 Å². The minimum Gasteiger partial charge on any atom is -0.505 e. The fourth-order valence-corrected chi connectivity index (χ4v) is 2.36. The van der Waals surface area contributed by atoms with Gasteiger partial charge >= 0.3 is 0 Å². The zero-order valence-corrected chi connectivity index (χ0v) is 10.8. The molecule has 0 saturated carbocycles. The van der Waals surface area contributed by atoms with Crippen LogP contribution in [0.5, 0.6) is 5.75 Å². The lowest BCUT2D eigenvalue weighted by molar-refractivity contribution is 0.283. The van der Waals surface area contributed by atoms with E-state index in [4.69, 9.17) is 5.11 Å². The molecule has 2 heteroatoms. The summed E-state index contributed by atoms with van der Waals surface area (Å²) in [6.07, 6.45) is 0.963. The van der Waals surface area contributed by atoms with Crippen LogP contribution in [0.25, 0.3) is 0 Å². The van der Waals surface area contributed by atoms with Crippen LogP contribution < -0.4 is 0 Å². The highest BCUT2D eigenvalue weighted by atomic mass is 19.1.